The van der Waals surface area contributed by atoms with Gasteiger partial charge in [0.25, 0.3) is 0 Å². The summed E-state index contributed by atoms with van der Waals surface area (Å²) in [5.74, 6) is 0.361. The number of urea groups is 1. The summed E-state index contributed by atoms with van der Waals surface area (Å²) >= 11 is 0. The first-order valence-electron chi connectivity index (χ1n) is 11.4. The third-order valence-corrected chi connectivity index (χ3v) is 6.36. The van der Waals surface area contributed by atoms with Gasteiger partial charge in [-0.2, -0.15) is 0 Å². The lowest BCUT2D eigenvalue weighted by molar-refractivity contribution is -0.0205. The van der Waals surface area contributed by atoms with Crippen LogP contribution in [0.3, 0.4) is 0 Å². The Kier molecular flexibility index (Phi) is 7.84. The molecule has 0 spiro atoms. The quantitative estimate of drug-likeness (QED) is 0.479. The molecule has 2 amide bonds. The van der Waals surface area contributed by atoms with Crippen molar-refractivity contribution >= 4 is 17.4 Å². The molecule has 2 aliphatic heterocycles. The molecule has 2 fully saturated rings. The molecule has 0 saturated carbocycles. The Labute approximate surface area is 198 Å². The van der Waals surface area contributed by atoms with Crippen molar-refractivity contribution in [2.24, 2.45) is 0 Å². The van der Waals surface area contributed by atoms with Crippen molar-refractivity contribution in [1.82, 2.24) is 10.2 Å². The minimum atomic E-state index is -0.879. The minimum Gasteiger partial charge on any atom is -0.497 e. The fourth-order valence-corrected chi connectivity index (χ4v) is 4.60. The van der Waals surface area contributed by atoms with Gasteiger partial charge in [-0.15, -0.1) is 0 Å². The Morgan fingerprint density at radius 1 is 1.15 bits per heavy atom. The van der Waals surface area contributed by atoms with Gasteiger partial charge in [0.2, 0.25) is 0 Å². The van der Waals surface area contributed by atoms with Crippen LogP contribution in [0.25, 0.3) is 0 Å². The fraction of sp³-hybridized carbons (Fsp3) is 0.458. The summed E-state index contributed by atoms with van der Waals surface area (Å²) in [6.45, 7) is 2.59. The van der Waals surface area contributed by atoms with E-state index >= 15 is 0 Å². The molecule has 184 valence electrons. The van der Waals surface area contributed by atoms with Gasteiger partial charge in [-0.25, -0.2) is 9.18 Å². The first-order valence-corrected chi connectivity index (χ1v) is 11.4. The number of nitrogens with zero attached hydrogens (tertiary/aromatic N) is 2. The van der Waals surface area contributed by atoms with Crippen molar-refractivity contribution in [2.75, 3.05) is 56.7 Å². The summed E-state index contributed by atoms with van der Waals surface area (Å²) in [7, 11) is 1.55. The average molecular weight is 475 g/mol. The lowest BCUT2D eigenvalue weighted by Gasteiger charge is -2.41. The van der Waals surface area contributed by atoms with Crippen molar-refractivity contribution in [1.29, 1.82) is 0 Å². The number of aliphatic hydroxyl groups excluding tert-OH is 2. The van der Waals surface area contributed by atoms with Gasteiger partial charge >= 0.3 is 6.03 Å². The number of carbonyl (C=O) groups is 1. The van der Waals surface area contributed by atoms with Crippen LogP contribution in [-0.4, -0.2) is 91.9 Å². The number of carbonyl (C=O) groups excluding carboxylic acids is 1. The maximum absolute atomic E-state index is 13.2. The van der Waals surface area contributed by atoms with Crippen molar-refractivity contribution in [3.05, 3.63) is 54.3 Å². The highest BCUT2D eigenvalue weighted by Crippen LogP contribution is 2.28. The number of hydrogen-bond donors (Lipinski definition) is 4. The van der Waals surface area contributed by atoms with E-state index in [1.54, 1.807) is 43.5 Å². The van der Waals surface area contributed by atoms with Crippen molar-refractivity contribution in [2.45, 2.75) is 24.4 Å². The Balaban J connectivity index is 1.34. The second kappa shape index (κ2) is 11.0. The molecule has 4 atom stereocenters. The number of amides is 2. The van der Waals surface area contributed by atoms with E-state index in [0.29, 0.717) is 37.6 Å². The van der Waals surface area contributed by atoms with Crippen molar-refractivity contribution in [3.63, 3.8) is 0 Å². The van der Waals surface area contributed by atoms with Gasteiger partial charge in [0.15, 0.2) is 0 Å². The Morgan fingerprint density at radius 3 is 2.56 bits per heavy atom. The van der Waals surface area contributed by atoms with Crippen LogP contribution in [0, 0.1) is 5.82 Å². The molecule has 2 aromatic rings. The zero-order chi connectivity index (χ0) is 24.1. The number of benzene rings is 2. The second-order valence-corrected chi connectivity index (χ2v) is 8.44. The topological polar surface area (TPSA) is 107 Å². The number of nitrogens with one attached hydrogen (secondary N) is 2. The number of anilines is 2. The predicted molar refractivity (Wildman–Crippen MR) is 126 cm³/mol. The lowest BCUT2D eigenvalue weighted by atomic mass is 10.0. The molecule has 4 rings (SSSR count). The van der Waals surface area contributed by atoms with Gasteiger partial charge in [-0.3, -0.25) is 4.90 Å². The smallest absolute Gasteiger partial charge is 0.319 e. The molecule has 0 aromatic heterocycles. The molecule has 10 heteroatoms. The van der Waals surface area contributed by atoms with E-state index in [9.17, 15) is 19.4 Å². The van der Waals surface area contributed by atoms with E-state index in [2.05, 4.69) is 20.4 Å². The van der Waals surface area contributed by atoms with Crippen molar-refractivity contribution in [3.8, 4) is 5.75 Å². The van der Waals surface area contributed by atoms with Crippen LogP contribution in [0.2, 0.25) is 0 Å². The number of halogens is 1. The highest BCUT2D eigenvalue weighted by molar-refractivity contribution is 5.89. The molecule has 9 nitrogen and oxygen atoms in total. The van der Waals surface area contributed by atoms with Crippen LogP contribution in [0.4, 0.5) is 20.6 Å². The van der Waals surface area contributed by atoms with Gasteiger partial charge in [0.05, 0.1) is 25.9 Å². The molecule has 2 aliphatic rings. The number of methoxy groups -OCH3 is 1. The number of rotatable bonds is 7. The van der Waals surface area contributed by atoms with E-state index in [0.717, 1.165) is 5.69 Å². The van der Waals surface area contributed by atoms with Gasteiger partial charge in [-0.05, 0) is 36.4 Å². The molecule has 0 aliphatic carbocycles. The van der Waals surface area contributed by atoms with Crippen LogP contribution in [0.15, 0.2) is 48.5 Å². The highest BCUT2D eigenvalue weighted by Gasteiger charge is 2.46. The van der Waals surface area contributed by atoms with Crippen LogP contribution < -0.4 is 20.3 Å². The van der Waals surface area contributed by atoms with Crippen LogP contribution >= 0.6 is 0 Å². The van der Waals surface area contributed by atoms with Gasteiger partial charge in [-0.1, -0.05) is 6.07 Å². The van der Waals surface area contributed by atoms with Gasteiger partial charge in [0.1, 0.15) is 23.8 Å². The van der Waals surface area contributed by atoms with Crippen LogP contribution in [0.5, 0.6) is 5.75 Å². The molecule has 4 N–H and O–H groups in total. The third-order valence-electron chi connectivity index (χ3n) is 6.36. The minimum absolute atomic E-state index is 0.173. The average Bonchev–Trinajstić information content (AvgIpc) is 3.18. The monoisotopic (exact) mass is 474 g/mol. The number of piperazine rings is 1. The zero-order valence-corrected chi connectivity index (χ0v) is 19.1. The van der Waals surface area contributed by atoms with E-state index in [4.69, 9.17) is 9.47 Å². The van der Waals surface area contributed by atoms with E-state index in [1.807, 2.05) is 0 Å². The number of ether oxygens (including phenoxy) is 2. The lowest BCUT2D eigenvalue weighted by Crippen LogP contribution is -2.57. The van der Waals surface area contributed by atoms with E-state index < -0.39 is 24.3 Å². The van der Waals surface area contributed by atoms with E-state index in [-0.39, 0.29) is 25.0 Å². The maximum Gasteiger partial charge on any atom is 0.319 e. The number of hydrogen-bond acceptors (Lipinski definition) is 7. The van der Waals surface area contributed by atoms with Crippen molar-refractivity contribution < 1.29 is 28.9 Å². The third kappa shape index (κ3) is 5.58. The first-order chi connectivity index (χ1) is 16.5. The highest BCUT2D eigenvalue weighted by atomic mass is 19.1. The normalized spacial score (nSPS) is 25.2. The summed E-state index contributed by atoms with van der Waals surface area (Å²) in [4.78, 5) is 16.7. The molecule has 2 heterocycles. The predicted octanol–water partition coefficient (Wildman–Crippen LogP) is 1.27. The SMILES string of the molecule is COc1cccc(NC(=O)NCC2OC(CO)C(O)C2N2CCN(c3ccc(F)cc3)CC2)c1. The largest absolute Gasteiger partial charge is 0.497 e. The standard InChI is InChI=1S/C24H31FN4O5/c1-33-19-4-2-3-17(13-19)27-24(32)26-14-20-22(23(31)21(15-30)34-20)29-11-9-28(10-12-29)18-7-5-16(25)6-8-18/h2-8,13,20-23,30-31H,9-12,14-15H2,1H3,(H2,26,27,32). The Hall–Kier alpha value is -2.92. The Morgan fingerprint density at radius 2 is 1.88 bits per heavy atom. The maximum atomic E-state index is 13.2. The fourth-order valence-electron chi connectivity index (χ4n) is 4.60. The number of aliphatic hydroxyl groups is 2. The molecular formula is C24H31FN4O5. The van der Waals surface area contributed by atoms with Crippen LogP contribution in [-0.2, 0) is 4.74 Å². The Bertz CT molecular complexity index is 955. The van der Waals surface area contributed by atoms with E-state index in [1.165, 1.54) is 12.1 Å². The molecule has 34 heavy (non-hydrogen) atoms. The summed E-state index contributed by atoms with van der Waals surface area (Å²) in [6, 6.07) is 12.7. The second-order valence-electron chi connectivity index (χ2n) is 8.44. The summed E-state index contributed by atoms with van der Waals surface area (Å²) in [5, 5.41) is 26.0. The van der Waals surface area contributed by atoms with Gasteiger partial charge in [0, 0.05) is 50.2 Å². The molecule has 0 radical (unpaired) electrons. The van der Waals surface area contributed by atoms with Crippen LogP contribution in [0.1, 0.15) is 0 Å². The molecular weight excluding hydrogens is 443 g/mol. The first kappa shape index (κ1) is 24.2. The molecule has 2 saturated heterocycles. The molecule has 0 bridgehead atoms. The molecule has 2 aromatic carbocycles. The van der Waals surface area contributed by atoms with Gasteiger partial charge < -0.3 is 35.2 Å². The summed E-state index contributed by atoms with van der Waals surface area (Å²) in [5.41, 5.74) is 1.54. The summed E-state index contributed by atoms with van der Waals surface area (Å²) in [6.07, 6.45) is -2.08. The molecule has 4 unspecified atom stereocenters. The zero-order valence-electron chi connectivity index (χ0n) is 19.1. The summed E-state index contributed by atoms with van der Waals surface area (Å²) < 4.78 is 24.3.